The summed E-state index contributed by atoms with van der Waals surface area (Å²) in [7, 11) is 0. The van der Waals surface area contributed by atoms with Crippen LogP contribution in [-0.2, 0) is 14.3 Å². The first-order chi connectivity index (χ1) is 13.5. The van der Waals surface area contributed by atoms with E-state index in [-0.39, 0.29) is 30.9 Å². The highest BCUT2D eigenvalue weighted by atomic mass is 32.1. The van der Waals surface area contributed by atoms with E-state index >= 15 is 0 Å². The molecular formula is C21H18N2O4S. The van der Waals surface area contributed by atoms with Gasteiger partial charge in [0.05, 0.1) is 11.4 Å². The van der Waals surface area contributed by atoms with Gasteiger partial charge < -0.3 is 15.0 Å². The monoisotopic (exact) mass is 394 g/mol. The Balaban J connectivity index is 1.51. The highest BCUT2D eigenvalue weighted by Crippen LogP contribution is 2.31. The summed E-state index contributed by atoms with van der Waals surface area (Å²) in [5.74, 6) is -1.05. The average Bonchev–Trinajstić information content (AvgIpc) is 3.06. The number of thiophene rings is 1. The number of hydrogen-bond acceptors (Lipinski definition) is 5. The van der Waals surface area contributed by atoms with Gasteiger partial charge in [0.15, 0.2) is 6.61 Å². The molecule has 1 aromatic heterocycles. The second-order valence-electron chi connectivity index (χ2n) is 6.61. The van der Waals surface area contributed by atoms with Crippen LogP contribution < -0.4 is 10.2 Å². The van der Waals surface area contributed by atoms with Crippen molar-refractivity contribution in [3.05, 3.63) is 59.5 Å². The van der Waals surface area contributed by atoms with Gasteiger partial charge in [0, 0.05) is 17.2 Å². The molecule has 0 saturated carbocycles. The van der Waals surface area contributed by atoms with Crippen molar-refractivity contribution in [1.82, 2.24) is 0 Å². The summed E-state index contributed by atoms with van der Waals surface area (Å²) >= 11 is 1.33. The third-order valence-electron chi connectivity index (χ3n) is 4.58. The summed E-state index contributed by atoms with van der Waals surface area (Å²) in [5.41, 5.74) is 1.17. The number of nitrogens with zero attached hydrogens (tertiary/aromatic N) is 1. The minimum atomic E-state index is -0.528. The van der Waals surface area contributed by atoms with E-state index in [2.05, 4.69) is 5.32 Å². The predicted molar refractivity (Wildman–Crippen MR) is 109 cm³/mol. The Bertz CT molecular complexity index is 1040. The first-order valence-electron chi connectivity index (χ1n) is 8.89. The van der Waals surface area contributed by atoms with E-state index in [0.717, 1.165) is 10.1 Å². The minimum Gasteiger partial charge on any atom is -0.451 e. The molecule has 7 heteroatoms. The molecule has 4 rings (SSSR count). The zero-order chi connectivity index (χ0) is 19.7. The molecule has 3 aromatic rings. The minimum absolute atomic E-state index is 0.155. The van der Waals surface area contributed by atoms with E-state index in [0.29, 0.717) is 16.3 Å². The van der Waals surface area contributed by atoms with Gasteiger partial charge in [-0.15, -0.1) is 11.3 Å². The highest BCUT2D eigenvalue weighted by molar-refractivity contribution is 7.20. The Kier molecular flexibility index (Phi) is 4.83. The quantitative estimate of drug-likeness (QED) is 0.685. The number of anilines is 2. The van der Waals surface area contributed by atoms with Crippen LogP contribution in [0.1, 0.15) is 23.0 Å². The average molecular weight is 394 g/mol. The van der Waals surface area contributed by atoms with Gasteiger partial charge in [-0.2, -0.15) is 0 Å². The van der Waals surface area contributed by atoms with Crippen LogP contribution in [0.25, 0.3) is 10.1 Å². The molecule has 2 heterocycles. The first kappa shape index (κ1) is 18.2. The molecule has 28 heavy (non-hydrogen) atoms. The van der Waals surface area contributed by atoms with Crippen molar-refractivity contribution in [2.45, 2.75) is 19.4 Å². The van der Waals surface area contributed by atoms with Gasteiger partial charge in [-0.1, -0.05) is 30.3 Å². The summed E-state index contributed by atoms with van der Waals surface area (Å²) < 4.78 is 6.27. The molecule has 1 atom stereocenters. The van der Waals surface area contributed by atoms with Crippen LogP contribution in [-0.4, -0.2) is 30.4 Å². The summed E-state index contributed by atoms with van der Waals surface area (Å²) in [5, 5.41) is 3.77. The van der Waals surface area contributed by atoms with Gasteiger partial charge >= 0.3 is 5.97 Å². The molecule has 2 amide bonds. The van der Waals surface area contributed by atoms with Crippen LogP contribution >= 0.6 is 11.3 Å². The lowest BCUT2D eigenvalue weighted by atomic mass is 10.1. The molecule has 1 aliphatic heterocycles. The third kappa shape index (κ3) is 3.48. The topological polar surface area (TPSA) is 75.7 Å². The Morgan fingerprint density at radius 3 is 2.75 bits per heavy atom. The fourth-order valence-electron chi connectivity index (χ4n) is 3.32. The predicted octanol–water partition coefficient (Wildman–Crippen LogP) is 3.82. The number of fused-ring (bicyclic) bond motifs is 2. The molecule has 1 N–H and O–H groups in total. The van der Waals surface area contributed by atoms with Crippen molar-refractivity contribution in [3.63, 3.8) is 0 Å². The molecule has 0 saturated heterocycles. The number of para-hydroxylation sites is 2. The molecular weight excluding hydrogens is 376 g/mol. The number of carbonyl (C=O) groups is 3. The summed E-state index contributed by atoms with van der Waals surface area (Å²) in [6.07, 6.45) is 0.171. The van der Waals surface area contributed by atoms with E-state index in [1.54, 1.807) is 37.3 Å². The van der Waals surface area contributed by atoms with Crippen LogP contribution in [0.2, 0.25) is 0 Å². The molecule has 0 aliphatic carbocycles. The molecule has 0 radical (unpaired) electrons. The van der Waals surface area contributed by atoms with E-state index < -0.39 is 5.97 Å². The Morgan fingerprint density at radius 1 is 1.18 bits per heavy atom. The van der Waals surface area contributed by atoms with Crippen molar-refractivity contribution in [1.29, 1.82) is 0 Å². The zero-order valence-electron chi connectivity index (χ0n) is 15.2. The zero-order valence-corrected chi connectivity index (χ0v) is 16.0. The molecule has 0 unspecified atom stereocenters. The molecule has 0 bridgehead atoms. The van der Waals surface area contributed by atoms with Crippen molar-refractivity contribution in [2.24, 2.45) is 0 Å². The Morgan fingerprint density at radius 2 is 1.93 bits per heavy atom. The number of rotatable bonds is 3. The van der Waals surface area contributed by atoms with Crippen LogP contribution in [0.3, 0.4) is 0 Å². The number of hydrogen-bond donors (Lipinski definition) is 1. The lowest BCUT2D eigenvalue weighted by molar-refractivity contribution is -0.122. The molecule has 6 nitrogen and oxygen atoms in total. The Hall–Kier alpha value is -3.19. The van der Waals surface area contributed by atoms with E-state index in [9.17, 15) is 14.4 Å². The van der Waals surface area contributed by atoms with E-state index in [1.165, 1.54) is 16.2 Å². The van der Waals surface area contributed by atoms with Crippen LogP contribution in [0, 0.1) is 0 Å². The number of benzene rings is 2. The maximum atomic E-state index is 12.9. The maximum Gasteiger partial charge on any atom is 0.348 e. The van der Waals surface area contributed by atoms with Crippen molar-refractivity contribution in [2.75, 3.05) is 16.8 Å². The van der Waals surface area contributed by atoms with Gasteiger partial charge in [-0.3, -0.25) is 9.59 Å². The largest absolute Gasteiger partial charge is 0.451 e. The molecule has 142 valence electrons. The fourth-order valence-corrected chi connectivity index (χ4v) is 4.27. The lowest BCUT2D eigenvalue weighted by Gasteiger charge is -2.27. The van der Waals surface area contributed by atoms with Crippen LogP contribution in [0.5, 0.6) is 0 Å². The maximum absolute atomic E-state index is 12.9. The second kappa shape index (κ2) is 7.44. The summed E-state index contributed by atoms with van der Waals surface area (Å²) in [6, 6.07) is 16.2. The lowest BCUT2D eigenvalue weighted by Crippen LogP contribution is -2.41. The van der Waals surface area contributed by atoms with Gasteiger partial charge in [0.1, 0.15) is 4.88 Å². The van der Waals surface area contributed by atoms with E-state index in [1.807, 2.05) is 24.3 Å². The number of esters is 1. The highest BCUT2D eigenvalue weighted by Gasteiger charge is 2.30. The van der Waals surface area contributed by atoms with Gasteiger partial charge in [-0.05, 0) is 36.6 Å². The van der Waals surface area contributed by atoms with Crippen molar-refractivity contribution >= 4 is 50.6 Å². The van der Waals surface area contributed by atoms with Gasteiger partial charge in [-0.25, -0.2) is 4.79 Å². The fraction of sp³-hybridized carbons (Fsp3) is 0.190. The van der Waals surface area contributed by atoms with Crippen LogP contribution in [0.15, 0.2) is 54.6 Å². The number of ether oxygens (including phenoxy) is 1. The van der Waals surface area contributed by atoms with E-state index in [4.69, 9.17) is 4.74 Å². The number of nitrogens with one attached hydrogen (secondary N) is 1. The smallest absolute Gasteiger partial charge is 0.348 e. The molecule has 1 aliphatic rings. The molecule has 0 fully saturated rings. The van der Waals surface area contributed by atoms with Crippen molar-refractivity contribution in [3.8, 4) is 0 Å². The summed E-state index contributed by atoms with van der Waals surface area (Å²) in [4.78, 5) is 39.3. The molecule has 2 aromatic carbocycles. The normalized spacial score (nSPS) is 16.2. The third-order valence-corrected chi connectivity index (χ3v) is 5.68. The second-order valence-corrected chi connectivity index (χ2v) is 7.69. The standard InChI is InChI=1S/C21H18N2O4S/c1-13-10-19(24)22-15-7-3-4-8-16(15)23(13)20(25)12-27-21(26)18-11-14-6-2-5-9-17(14)28-18/h2-9,11,13H,10,12H2,1H3,(H,22,24)/t13-/m1/s1. The first-order valence-corrected chi connectivity index (χ1v) is 9.71. The summed E-state index contributed by atoms with van der Waals surface area (Å²) in [6.45, 7) is 1.41. The van der Waals surface area contributed by atoms with Gasteiger partial charge in [0.25, 0.3) is 5.91 Å². The van der Waals surface area contributed by atoms with Crippen LogP contribution in [0.4, 0.5) is 11.4 Å². The number of carbonyl (C=O) groups excluding carboxylic acids is 3. The number of amides is 2. The Labute approximate surface area is 165 Å². The van der Waals surface area contributed by atoms with Crippen molar-refractivity contribution < 1.29 is 19.1 Å². The molecule has 0 spiro atoms. The van der Waals surface area contributed by atoms with Gasteiger partial charge in [0.2, 0.25) is 5.91 Å². The SMILES string of the molecule is C[C@@H]1CC(=O)Nc2ccccc2N1C(=O)COC(=O)c1cc2ccccc2s1.